The van der Waals surface area contributed by atoms with Crippen molar-refractivity contribution in [1.29, 1.82) is 0 Å². The molecular formula is C52H80O6. The maximum atomic E-state index is 12.7. The molecule has 0 N–H and O–H groups in total. The molecule has 6 heteroatoms. The van der Waals surface area contributed by atoms with Gasteiger partial charge in [0, 0.05) is 19.3 Å². The summed E-state index contributed by atoms with van der Waals surface area (Å²) in [6, 6.07) is 0. The summed E-state index contributed by atoms with van der Waals surface area (Å²) >= 11 is 0. The highest BCUT2D eigenvalue weighted by Crippen LogP contribution is 2.10. The molecule has 0 saturated heterocycles. The van der Waals surface area contributed by atoms with Gasteiger partial charge in [-0.25, -0.2) is 0 Å². The molecule has 0 fully saturated rings. The summed E-state index contributed by atoms with van der Waals surface area (Å²) in [5.41, 5.74) is 0. The zero-order valence-electron chi connectivity index (χ0n) is 36.8. The van der Waals surface area contributed by atoms with Gasteiger partial charge in [-0.05, 0) is 96.3 Å². The fourth-order valence-electron chi connectivity index (χ4n) is 5.45. The first-order valence-electron chi connectivity index (χ1n) is 22.6. The van der Waals surface area contributed by atoms with Crippen LogP contribution in [0.5, 0.6) is 0 Å². The average molecular weight is 801 g/mol. The lowest BCUT2D eigenvalue weighted by atomic mass is 10.1. The summed E-state index contributed by atoms with van der Waals surface area (Å²) < 4.78 is 16.6. The van der Waals surface area contributed by atoms with E-state index < -0.39 is 6.10 Å². The van der Waals surface area contributed by atoms with E-state index in [0.29, 0.717) is 19.3 Å². The van der Waals surface area contributed by atoms with Crippen molar-refractivity contribution in [2.75, 3.05) is 13.2 Å². The zero-order chi connectivity index (χ0) is 42.3. The van der Waals surface area contributed by atoms with E-state index in [1.165, 1.54) is 25.7 Å². The van der Waals surface area contributed by atoms with E-state index in [2.05, 4.69) is 93.7 Å². The van der Waals surface area contributed by atoms with Crippen LogP contribution >= 0.6 is 0 Å². The number of carbonyl (C=O) groups excluding carboxylic acids is 3. The SMILES string of the molecule is CC\C=C/C=C\C=C/C=C\C=C/CCCCCC(=O)OC(COC(=O)CCC/C=C\CCCCCC)COC(=O)CCCCC/C=C\C/C=C\C/C=C\C/C=C\CC. The van der Waals surface area contributed by atoms with Gasteiger partial charge in [0.25, 0.3) is 0 Å². The minimum Gasteiger partial charge on any atom is -0.462 e. The number of esters is 3. The molecule has 0 aliphatic carbocycles. The second kappa shape index (κ2) is 45.5. The van der Waals surface area contributed by atoms with Crippen molar-refractivity contribution < 1.29 is 28.6 Å². The Kier molecular flexibility index (Phi) is 42.2. The maximum absolute atomic E-state index is 12.7. The lowest BCUT2D eigenvalue weighted by Gasteiger charge is -2.18. The lowest BCUT2D eigenvalue weighted by molar-refractivity contribution is -0.167. The predicted molar refractivity (Wildman–Crippen MR) is 246 cm³/mol. The first-order valence-corrected chi connectivity index (χ1v) is 22.6. The Morgan fingerprint density at radius 1 is 0.379 bits per heavy atom. The molecule has 0 aliphatic rings. The molecule has 0 aromatic carbocycles. The van der Waals surface area contributed by atoms with E-state index in [4.69, 9.17) is 14.2 Å². The largest absolute Gasteiger partial charge is 0.462 e. The van der Waals surface area contributed by atoms with E-state index in [1.807, 2.05) is 48.6 Å². The quantitative estimate of drug-likeness (QED) is 0.0203. The normalized spacial score (nSPS) is 13.2. The second-order valence-electron chi connectivity index (χ2n) is 14.3. The van der Waals surface area contributed by atoms with Gasteiger partial charge >= 0.3 is 17.9 Å². The monoisotopic (exact) mass is 801 g/mol. The third kappa shape index (κ3) is 42.9. The third-order valence-corrected chi connectivity index (χ3v) is 8.81. The topological polar surface area (TPSA) is 78.9 Å². The number of allylic oxidation sites excluding steroid dienone is 20. The van der Waals surface area contributed by atoms with Crippen molar-refractivity contribution in [2.24, 2.45) is 0 Å². The highest BCUT2D eigenvalue weighted by Gasteiger charge is 2.19. The Bertz CT molecular complexity index is 1290. The molecule has 0 amide bonds. The first kappa shape index (κ1) is 53.8. The minimum atomic E-state index is -0.825. The Balaban J connectivity index is 4.56. The van der Waals surface area contributed by atoms with Crippen LogP contribution in [0.2, 0.25) is 0 Å². The van der Waals surface area contributed by atoms with Crippen LogP contribution in [-0.2, 0) is 28.6 Å². The molecule has 1 atom stereocenters. The van der Waals surface area contributed by atoms with Crippen molar-refractivity contribution >= 4 is 17.9 Å². The van der Waals surface area contributed by atoms with Gasteiger partial charge in [0.05, 0.1) is 0 Å². The van der Waals surface area contributed by atoms with Crippen LogP contribution < -0.4 is 0 Å². The van der Waals surface area contributed by atoms with Crippen LogP contribution in [0, 0.1) is 0 Å². The molecule has 0 aliphatic heterocycles. The zero-order valence-corrected chi connectivity index (χ0v) is 36.8. The van der Waals surface area contributed by atoms with Crippen LogP contribution in [0.15, 0.2) is 122 Å². The van der Waals surface area contributed by atoms with E-state index in [1.54, 1.807) is 0 Å². The molecule has 0 aromatic rings. The van der Waals surface area contributed by atoms with Crippen LogP contribution in [0.1, 0.15) is 168 Å². The maximum Gasteiger partial charge on any atom is 0.306 e. The molecule has 324 valence electrons. The number of rotatable bonds is 38. The fraction of sp³-hybridized carbons (Fsp3) is 0.558. The molecule has 0 radical (unpaired) electrons. The van der Waals surface area contributed by atoms with Gasteiger partial charge in [-0.15, -0.1) is 0 Å². The predicted octanol–water partition coefficient (Wildman–Crippen LogP) is 14.6. The van der Waals surface area contributed by atoms with Gasteiger partial charge in [-0.1, -0.05) is 174 Å². The molecule has 58 heavy (non-hydrogen) atoms. The van der Waals surface area contributed by atoms with Gasteiger partial charge in [-0.3, -0.25) is 14.4 Å². The number of carbonyl (C=O) groups is 3. The van der Waals surface area contributed by atoms with Gasteiger partial charge in [0.2, 0.25) is 0 Å². The highest BCUT2D eigenvalue weighted by atomic mass is 16.6. The van der Waals surface area contributed by atoms with Gasteiger partial charge in [-0.2, -0.15) is 0 Å². The Labute approximate surface area is 354 Å². The second-order valence-corrected chi connectivity index (χ2v) is 14.3. The van der Waals surface area contributed by atoms with Gasteiger partial charge in [0.1, 0.15) is 13.2 Å². The van der Waals surface area contributed by atoms with Gasteiger partial charge < -0.3 is 14.2 Å². The first-order chi connectivity index (χ1) is 28.5. The summed E-state index contributed by atoms with van der Waals surface area (Å²) in [4.78, 5) is 37.7. The van der Waals surface area contributed by atoms with Crippen molar-refractivity contribution in [3.8, 4) is 0 Å². The number of hydrogen-bond acceptors (Lipinski definition) is 6. The van der Waals surface area contributed by atoms with Crippen molar-refractivity contribution in [3.05, 3.63) is 122 Å². The molecule has 0 spiro atoms. The summed E-state index contributed by atoms with van der Waals surface area (Å²) in [5, 5.41) is 0. The van der Waals surface area contributed by atoms with Gasteiger partial charge in [0.15, 0.2) is 6.10 Å². The van der Waals surface area contributed by atoms with Crippen LogP contribution in [0.4, 0.5) is 0 Å². The van der Waals surface area contributed by atoms with E-state index in [9.17, 15) is 14.4 Å². The van der Waals surface area contributed by atoms with Crippen LogP contribution in [0.25, 0.3) is 0 Å². The molecule has 0 saturated carbocycles. The lowest BCUT2D eigenvalue weighted by Crippen LogP contribution is -2.30. The Hall–Kier alpha value is -4.19. The number of hydrogen-bond donors (Lipinski definition) is 0. The van der Waals surface area contributed by atoms with E-state index in [-0.39, 0.29) is 44.0 Å². The molecule has 0 heterocycles. The van der Waals surface area contributed by atoms with E-state index >= 15 is 0 Å². The number of ether oxygens (including phenoxy) is 3. The van der Waals surface area contributed by atoms with Crippen LogP contribution in [-0.4, -0.2) is 37.2 Å². The highest BCUT2D eigenvalue weighted by molar-refractivity contribution is 5.71. The van der Waals surface area contributed by atoms with Crippen molar-refractivity contribution in [2.45, 2.75) is 175 Å². The summed E-state index contributed by atoms with van der Waals surface area (Å²) in [6.07, 6.45) is 61.9. The molecule has 0 bridgehead atoms. The average Bonchev–Trinajstić information content (AvgIpc) is 3.22. The molecule has 6 nitrogen and oxygen atoms in total. The molecule has 1 unspecified atom stereocenters. The van der Waals surface area contributed by atoms with Crippen LogP contribution in [0.3, 0.4) is 0 Å². The summed E-state index contributed by atoms with van der Waals surface area (Å²) in [7, 11) is 0. The smallest absolute Gasteiger partial charge is 0.306 e. The van der Waals surface area contributed by atoms with Crippen molar-refractivity contribution in [3.63, 3.8) is 0 Å². The Morgan fingerprint density at radius 2 is 0.776 bits per heavy atom. The Morgan fingerprint density at radius 3 is 1.31 bits per heavy atom. The molecular weight excluding hydrogens is 721 g/mol. The third-order valence-electron chi connectivity index (χ3n) is 8.81. The fourth-order valence-corrected chi connectivity index (χ4v) is 5.45. The van der Waals surface area contributed by atoms with E-state index in [0.717, 1.165) is 89.9 Å². The molecule has 0 rings (SSSR count). The standard InChI is InChI=1S/C52H80O6/c1-4-7-10-13-16-19-21-23-25-27-28-30-33-36-39-42-45-51(54)57-48-49(47-56-50(53)44-41-38-35-32-18-15-12-9-6-3)58-52(55)46-43-40-37-34-31-29-26-24-22-20-17-14-11-8-5-2/h7-8,10-11,14,16-17,19-20,22-26,28-32,35,49H,4-6,9,12-13,15,18,21,27,33-34,36-48H2,1-3H3/b10-7-,11-8-,17-14-,19-16-,22-20-,25-23-,26-24-,30-28-,31-29-,35-32-. The summed E-state index contributed by atoms with van der Waals surface area (Å²) in [5.74, 6) is -1.05. The minimum absolute atomic E-state index is 0.125. The summed E-state index contributed by atoms with van der Waals surface area (Å²) in [6.45, 7) is 6.21. The molecule has 0 aromatic heterocycles. The van der Waals surface area contributed by atoms with Crippen molar-refractivity contribution in [1.82, 2.24) is 0 Å². The number of unbranched alkanes of at least 4 members (excludes halogenated alkanes) is 11.